The van der Waals surface area contributed by atoms with Crippen LogP contribution in [0.4, 0.5) is 9.52 Å². The van der Waals surface area contributed by atoms with Crippen molar-refractivity contribution >= 4 is 33.3 Å². The number of hydrogen-bond acceptors (Lipinski definition) is 3. The number of anilines is 1. The van der Waals surface area contributed by atoms with Crippen LogP contribution in [0.2, 0.25) is 0 Å². The predicted octanol–water partition coefficient (Wildman–Crippen LogP) is 4.68. The molecule has 0 aliphatic carbocycles. The zero-order valence-electron chi connectivity index (χ0n) is 12.4. The molecule has 0 unspecified atom stereocenters. The van der Waals surface area contributed by atoms with Crippen molar-refractivity contribution in [1.29, 1.82) is 0 Å². The normalized spacial score (nSPS) is 10.9. The number of hydrogen-bond donors (Lipinski definition) is 2. The number of carbonyl (C=O) groups is 1. The Hall–Kier alpha value is -2.99. The molecule has 4 nitrogen and oxygen atoms in total. The van der Waals surface area contributed by atoms with Crippen LogP contribution in [-0.4, -0.2) is 15.9 Å². The third-order valence-corrected chi connectivity index (χ3v) is 4.41. The van der Waals surface area contributed by atoms with Crippen LogP contribution >= 0.6 is 11.3 Å². The number of rotatable bonds is 3. The standard InChI is InChI=1S/C18H12FN3OS/c19-13-7-4-8-14-12(13)9-15(20-14)17(23)22-18-21-16(10-24-18)11-5-2-1-3-6-11/h1-10,20H,(H,21,22,23). The van der Waals surface area contributed by atoms with E-state index in [1.54, 1.807) is 12.1 Å². The molecule has 24 heavy (non-hydrogen) atoms. The quantitative estimate of drug-likeness (QED) is 0.570. The number of thiazole rings is 1. The minimum Gasteiger partial charge on any atom is -0.350 e. The molecule has 0 fully saturated rings. The van der Waals surface area contributed by atoms with E-state index in [1.807, 2.05) is 35.7 Å². The van der Waals surface area contributed by atoms with Gasteiger partial charge in [-0.25, -0.2) is 9.37 Å². The molecule has 0 spiro atoms. The van der Waals surface area contributed by atoms with E-state index in [-0.39, 0.29) is 11.7 Å². The molecule has 6 heteroatoms. The number of amides is 1. The minimum absolute atomic E-state index is 0.298. The van der Waals surface area contributed by atoms with Crippen LogP contribution in [0.5, 0.6) is 0 Å². The van der Waals surface area contributed by atoms with Gasteiger partial charge in [0.25, 0.3) is 5.91 Å². The lowest BCUT2D eigenvalue weighted by atomic mass is 10.2. The predicted molar refractivity (Wildman–Crippen MR) is 93.8 cm³/mol. The number of benzene rings is 2. The van der Waals surface area contributed by atoms with E-state index in [0.717, 1.165) is 11.3 Å². The minimum atomic E-state index is -0.358. The van der Waals surface area contributed by atoms with Gasteiger partial charge in [-0.2, -0.15) is 0 Å². The van der Waals surface area contributed by atoms with Crippen molar-refractivity contribution < 1.29 is 9.18 Å². The second-order valence-electron chi connectivity index (χ2n) is 5.24. The molecule has 1 amide bonds. The van der Waals surface area contributed by atoms with Crippen LogP contribution in [0.15, 0.2) is 60.0 Å². The Morgan fingerprint density at radius 3 is 2.75 bits per heavy atom. The largest absolute Gasteiger partial charge is 0.350 e. The monoisotopic (exact) mass is 337 g/mol. The van der Waals surface area contributed by atoms with Gasteiger partial charge in [-0.05, 0) is 18.2 Å². The molecular weight excluding hydrogens is 325 g/mol. The van der Waals surface area contributed by atoms with Gasteiger partial charge >= 0.3 is 0 Å². The molecule has 2 heterocycles. The van der Waals surface area contributed by atoms with Gasteiger partial charge in [0, 0.05) is 21.8 Å². The summed E-state index contributed by atoms with van der Waals surface area (Å²) < 4.78 is 13.7. The number of aromatic nitrogens is 2. The molecule has 0 atom stereocenters. The highest BCUT2D eigenvalue weighted by molar-refractivity contribution is 7.14. The Morgan fingerprint density at radius 2 is 1.96 bits per heavy atom. The lowest BCUT2D eigenvalue weighted by Gasteiger charge is -1.98. The average Bonchev–Trinajstić information content (AvgIpc) is 3.23. The molecule has 2 N–H and O–H groups in total. The van der Waals surface area contributed by atoms with Gasteiger partial charge in [-0.1, -0.05) is 36.4 Å². The molecular formula is C18H12FN3OS. The van der Waals surface area contributed by atoms with Crippen LogP contribution in [0.25, 0.3) is 22.2 Å². The van der Waals surface area contributed by atoms with Crippen LogP contribution in [0.1, 0.15) is 10.5 Å². The van der Waals surface area contributed by atoms with Gasteiger partial charge < -0.3 is 4.98 Å². The molecule has 0 saturated carbocycles. The van der Waals surface area contributed by atoms with Gasteiger partial charge in [-0.3, -0.25) is 10.1 Å². The lowest BCUT2D eigenvalue weighted by Crippen LogP contribution is -2.11. The molecule has 0 bridgehead atoms. The summed E-state index contributed by atoms with van der Waals surface area (Å²) in [5.41, 5.74) is 2.68. The second kappa shape index (κ2) is 5.90. The first-order valence-electron chi connectivity index (χ1n) is 7.30. The van der Waals surface area contributed by atoms with Crippen molar-refractivity contribution in [2.75, 3.05) is 5.32 Å². The van der Waals surface area contributed by atoms with Crippen molar-refractivity contribution in [2.24, 2.45) is 0 Å². The molecule has 4 aromatic rings. The van der Waals surface area contributed by atoms with E-state index in [2.05, 4.69) is 15.3 Å². The topological polar surface area (TPSA) is 57.8 Å². The third-order valence-electron chi connectivity index (χ3n) is 3.65. The van der Waals surface area contributed by atoms with Crippen molar-refractivity contribution in [2.45, 2.75) is 0 Å². The zero-order valence-corrected chi connectivity index (χ0v) is 13.2. The number of nitrogens with one attached hydrogen (secondary N) is 2. The summed E-state index contributed by atoms with van der Waals surface area (Å²) in [5.74, 6) is -0.706. The summed E-state index contributed by atoms with van der Waals surface area (Å²) in [7, 11) is 0. The molecule has 0 radical (unpaired) electrons. The SMILES string of the molecule is O=C(Nc1nc(-c2ccccc2)cs1)c1cc2c(F)cccc2[nH]1. The summed E-state index contributed by atoms with van der Waals surface area (Å²) in [6.45, 7) is 0. The maximum absolute atomic E-state index is 13.7. The fraction of sp³-hybridized carbons (Fsp3) is 0. The van der Waals surface area contributed by atoms with Gasteiger partial charge in [0.2, 0.25) is 0 Å². The van der Waals surface area contributed by atoms with Crippen LogP contribution in [-0.2, 0) is 0 Å². The first-order chi connectivity index (χ1) is 11.7. The fourth-order valence-corrected chi connectivity index (χ4v) is 3.19. The first kappa shape index (κ1) is 14.6. The number of fused-ring (bicyclic) bond motifs is 1. The smallest absolute Gasteiger partial charge is 0.273 e. The summed E-state index contributed by atoms with van der Waals surface area (Å²) in [5, 5.41) is 5.52. The van der Waals surface area contributed by atoms with Crippen molar-refractivity contribution in [3.63, 3.8) is 0 Å². The fourth-order valence-electron chi connectivity index (χ4n) is 2.48. The summed E-state index contributed by atoms with van der Waals surface area (Å²) in [6.07, 6.45) is 0. The Bertz CT molecular complexity index is 1020. The number of halogens is 1. The first-order valence-corrected chi connectivity index (χ1v) is 8.18. The van der Waals surface area contributed by atoms with E-state index < -0.39 is 0 Å². The average molecular weight is 337 g/mol. The summed E-state index contributed by atoms with van der Waals surface area (Å²) in [6, 6.07) is 15.9. The Balaban J connectivity index is 1.57. The number of nitrogens with zero attached hydrogens (tertiary/aromatic N) is 1. The van der Waals surface area contributed by atoms with E-state index in [4.69, 9.17) is 0 Å². The number of carbonyl (C=O) groups excluding carboxylic acids is 1. The van der Waals surface area contributed by atoms with Gasteiger partial charge in [0.15, 0.2) is 5.13 Å². The summed E-state index contributed by atoms with van der Waals surface area (Å²) >= 11 is 1.35. The molecule has 0 aliphatic rings. The van der Waals surface area contributed by atoms with E-state index in [9.17, 15) is 9.18 Å². The highest BCUT2D eigenvalue weighted by atomic mass is 32.1. The van der Waals surface area contributed by atoms with Crippen molar-refractivity contribution in [1.82, 2.24) is 9.97 Å². The number of H-pyrrole nitrogens is 1. The lowest BCUT2D eigenvalue weighted by molar-refractivity contribution is 0.102. The van der Waals surface area contributed by atoms with E-state index in [0.29, 0.717) is 21.7 Å². The molecule has 4 rings (SSSR count). The number of aromatic amines is 1. The zero-order chi connectivity index (χ0) is 16.5. The van der Waals surface area contributed by atoms with Crippen LogP contribution in [0, 0.1) is 5.82 Å². The molecule has 0 aliphatic heterocycles. The Labute approximate surface area is 141 Å². The van der Waals surface area contributed by atoms with E-state index >= 15 is 0 Å². The maximum Gasteiger partial charge on any atom is 0.273 e. The molecule has 2 aromatic carbocycles. The Kier molecular flexibility index (Phi) is 3.59. The maximum atomic E-state index is 13.7. The molecule has 2 aromatic heterocycles. The highest BCUT2D eigenvalue weighted by Crippen LogP contribution is 2.25. The summed E-state index contributed by atoms with van der Waals surface area (Å²) in [4.78, 5) is 19.7. The van der Waals surface area contributed by atoms with Gasteiger partial charge in [0.1, 0.15) is 11.5 Å². The molecule has 0 saturated heterocycles. The van der Waals surface area contributed by atoms with Crippen molar-refractivity contribution in [3.05, 3.63) is 71.5 Å². The van der Waals surface area contributed by atoms with Crippen LogP contribution in [0.3, 0.4) is 0 Å². The van der Waals surface area contributed by atoms with Gasteiger partial charge in [-0.15, -0.1) is 11.3 Å². The van der Waals surface area contributed by atoms with E-state index in [1.165, 1.54) is 23.5 Å². The van der Waals surface area contributed by atoms with Crippen molar-refractivity contribution in [3.8, 4) is 11.3 Å². The highest BCUT2D eigenvalue weighted by Gasteiger charge is 2.13. The van der Waals surface area contributed by atoms with Gasteiger partial charge in [0.05, 0.1) is 5.69 Å². The second-order valence-corrected chi connectivity index (χ2v) is 6.10. The molecule has 118 valence electrons. The van der Waals surface area contributed by atoms with Crippen LogP contribution < -0.4 is 5.32 Å². The third kappa shape index (κ3) is 2.68. The Morgan fingerprint density at radius 1 is 1.12 bits per heavy atom.